The molecule has 0 amide bonds. The fourth-order valence-electron chi connectivity index (χ4n) is 3.46. The average molecular weight is 379 g/mol. The maximum atomic E-state index is 2.61. The third kappa shape index (κ3) is 20.8. The van der Waals surface area contributed by atoms with Crippen molar-refractivity contribution in [3.8, 4) is 0 Å². The van der Waals surface area contributed by atoms with Gasteiger partial charge in [0.1, 0.15) is 0 Å². The summed E-state index contributed by atoms with van der Waals surface area (Å²) in [4.78, 5) is 0. The first-order chi connectivity index (χ1) is 11.1. The van der Waals surface area contributed by atoms with Crippen molar-refractivity contribution >= 4 is 7.26 Å². The van der Waals surface area contributed by atoms with Crippen LogP contribution >= 0.6 is 7.26 Å². The molecule has 24 heavy (non-hydrogen) atoms. The zero-order valence-corrected chi connectivity index (χ0v) is 19.2. The highest BCUT2D eigenvalue weighted by atomic mass is 35.5. The fraction of sp³-hybridized carbons (Fsp3) is 1.00. The van der Waals surface area contributed by atoms with Gasteiger partial charge in [0.15, 0.2) is 0 Å². The molecule has 0 aliphatic carbocycles. The molecular weight excluding hydrogens is 331 g/mol. The van der Waals surface area contributed by atoms with E-state index in [4.69, 9.17) is 0 Å². The molecule has 0 bridgehead atoms. The van der Waals surface area contributed by atoms with Crippen LogP contribution in [-0.4, -0.2) is 25.7 Å². The predicted octanol–water partition coefficient (Wildman–Crippen LogP) is 5.55. The Hall–Kier alpha value is 0.720. The Labute approximate surface area is 162 Å². The zero-order valence-electron chi connectivity index (χ0n) is 17.6. The van der Waals surface area contributed by atoms with Gasteiger partial charge in [-0.15, -0.1) is 0 Å². The SMILES string of the molecule is CCCCCCCCCC[P+](C)(C)CCCCCCCCCC.[Cl-]. The molecule has 0 aliphatic heterocycles. The lowest BCUT2D eigenvalue weighted by atomic mass is 10.1. The minimum absolute atomic E-state index is 0. The van der Waals surface area contributed by atoms with Gasteiger partial charge in [0.05, 0.1) is 12.3 Å². The molecule has 0 N–H and O–H groups in total. The van der Waals surface area contributed by atoms with E-state index in [-0.39, 0.29) is 12.4 Å². The van der Waals surface area contributed by atoms with Crippen LogP contribution in [0.15, 0.2) is 0 Å². The molecule has 148 valence electrons. The Morgan fingerprint density at radius 1 is 0.417 bits per heavy atom. The van der Waals surface area contributed by atoms with Crippen LogP contribution in [0, 0.1) is 0 Å². The van der Waals surface area contributed by atoms with Gasteiger partial charge in [-0.3, -0.25) is 0 Å². The maximum absolute atomic E-state index is 2.61. The fourth-order valence-corrected chi connectivity index (χ4v) is 5.84. The molecule has 0 rings (SSSR count). The van der Waals surface area contributed by atoms with Crippen molar-refractivity contribution in [2.45, 2.75) is 117 Å². The molecule has 0 aliphatic rings. The van der Waals surface area contributed by atoms with E-state index in [2.05, 4.69) is 27.2 Å². The van der Waals surface area contributed by atoms with Crippen molar-refractivity contribution < 1.29 is 12.4 Å². The standard InChI is InChI=1S/C22H48P.ClH/c1-5-7-9-11-13-15-17-19-21-23(3,4)22-20-18-16-14-12-10-8-6-2;/h5-22H2,1-4H3;1H/q+1;/p-1. The number of hydrogen-bond donors (Lipinski definition) is 0. The van der Waals surface area contributed by atoms with Crippen molar-refractivity contribution in [3.05, 3.63) is 0 Å². The average Bonchev–Trinajstić information content (AvgIpc) is 2.52. The predicted molar refractivity (Wildman–Crippen MR) is 114 cm³/mol. The molecule has 0 unspecified atom stereocenters. The summed E-state index contributed by atoms with van der Waals surface area (Å²) in [5.41, 5.74) is 0. The van der Waals surface area contributed by atoms with Gasteiger partial charge in [-0.1, -0.05) is 90.9 Å². The van der Waals surface area contributed by atoms with Crippen molar-refractivity contribution in [3.63, 3.8) is 0 Å². The lowest BCUT2D eigenvalue weighted by Crippen LogP contribution is -3.00. The number of halogens is 1. The largest absolute Gasteiger partial charge is 1.00 e. The highest BCUT2D eigenvalue weighted by Crippen LogP contribution is 2.52. The van der Waals surface area contributed by atoms with Crippen molar-refractivity contribution in [2.24, 2.45) is 0 Å². The molecule has 2 heteroatoms. The first kappa shape index (κ1) is 26.9. The number of hydrogen-bond acceptors (Lipinski definition) is 0. The van der Waals surface area contributed by atoms with Gasteiger partial charge in [0, 0.05) is 20.6 Å². The summed E-state index contributed by atoms with van der Waals surface area (Å²) in [5, 5.41) is 0. The molecule has 0 nitrogen and oxygen atoms in total. The summed E-state index contributed by atoms with van der Waals surface area (Å²) in [6.45, 7) is 9.82. The molecule has 0 aromatic heterocycles. The molecule has 0 aromatic rings. The number of unbranched alkanes of at least 4 members (excludes halogenated alkanes) is 14. The molecule has 0 atom stereocenters. The quantitative estimate of drug-likeness (QED) is 0.217. The van der Waals surface area contributed by atoms with E-state index >= 15 is 0 Å². The summed E-state index contributed by atoms with van der Waals surface area (Å²) in [6, 6.07) is 0. The van der Waals surface area contributed by atoms with Gasteiger partial charge >= 0.3 is 0 Å². The van der Waals surface area contributed by atoms with Gasteiger partial charge in [-0.25, -0.2) is 0 Å². The summed E-state index contributed by atoms with van der Waals surface area (Å²) in [5.74, 6) is 0. The van der Waals surface area contributed by atoms with Crippen LogP contribution in [0.25, 0.3) is 0 Å². The van der Waals surface area contributed by atoms with Crippen LogP contribution in [0.5, 0.6) is 0 Å². The minimum Gasteiger partial charge on any atom is -1.00 e. The second-order valence-electron chi connectivity index (χ2n) is 8.33. The summed E-state index contributed by atoms with van der Waals surface area (Å²) in [7, 11) is -0.575. The second kappa shape index (κ2) is 20.0. The minimum atomic E-state index is -0.575. The highest BCUT2D eigenvalue weighted by Gasteiger charge is 2.23. The lowest BCUT2D eigenvalue weighted by molar-refractivity contribution is -0.00000541. The molecule has 0 fully saturated rings. The number of rotatable bonds is 18. The van der Waals surface area contributed by atoms with E-state index in [1.165, 1.54) is 103 Å². The third-order valence-corrected chi connectivity index (χ3v) is 8.29. The monoisotopic (exact) mass is 378 g/mol. The van der Waals surface area contributed by atoms with Gasteiger partial charge in [0.2, 0.25) is 0 Å². The van der Waals surface area contributed by atoms with E-state index in [1.54, 1.807) is 12.3 Å². The third-order valence-electron chi connectivity index (χ3n) is 5.23. The van der Waals surface area contributed by atoms with Crippen LogP contribution in [0.1, 0.15) is 117 Å². The van der Waals surface area contributed by atoms with Gasteiger partial charge in [-0.2, -0.15) is 0 Å². The first-order valence-electron chi connectivity index (χ1n) is 10.9. The molecular formula is C22H48ClP. The highest BCUT2D eigenvalue weighted by molar-refractivity contribution is 7.74. The molecule has 0 saturated heterocycles. The van der Waals surface area contributed by atoms with Crippen LogP contribution in [0.2, 0.25) is 0 Å². The van der Waals surface area contributed by atoms with Crippen LogP contribution in [-0.2, 0) is 0 Å². The Morgan fingerprint density at radius 3 is 0.958 bits per heavy atom. The van der Waals surface area contributed by atoms with Gasteiger partial charge < -0.3 is 12.4 Å². The topological polar surface area (TPSA) is 0 Å². The van der Waals surface area contributed by atoms with Gasteiger partial charge in [-0.05, 0) is 25.7 Å². The lowest BCUT2D eigenvalue weighted by Gasteiger charge is -2.18. The molecule has 0 radical (unpaired) electrons. The van der Waals surface area contributed by atoms with E-state index in [9.17, 15) is 0 Å². The zero-order chi connectivity index (χ0) is 17.2. The Balaban J connectivity index is 0. The molecule has 0 saturated carbocycles. The van der Waals surface area contributed by atoms with E-state index in [0.29, 0.717) is 0 Å². The summed E-state index contributed by atoms with van der Waals surface area (Å²) >= 11 is 0. The van der Waals surface area contributed by atoms with Crippen LogP contribution in [0.3, 0.4) is 0 Å². The van der Waals surface area contributed by atoms with E-state index < -0.39 is 7.26 Å². The smallest absolute Gasteiger partial charge is 0.0589 e. The van der Waals surface area contributed by atoms with E-state index in [1.807, 2.05) is 0 Å². The normalized spacial score (nSPS) is 11.5. The Morgan fingerprint density at radius 2 is 0.667 bits per heavy atom. The van der Waals surface area contributed by atoms with Gasteiger partial charge in [0.25, 0.3) is 0 Å². The Bertz CT molecular complexity index is 206. The summed E-state index contributed by atoms with van der Waals surface area (Å²) < 4.78 is 0. The molecule has 0 aromatic carbocycles. The van der Waals surface area contributed by atoms with Crippen molar-refractivity contribution in [2.75, 3.05) is 25.7 Å². The van der Waals surface area contributed by atoms with Crippen molar-refractivity contribution in [1.29, 1.82) is 0 Å². The molecule has 0 heterocycles. The van der Waals surface area contributed by atoms with E-state index in [0.717, 1.165) is 0 Å². The second-order valence-corrected chi connectivity index (χ2v) is 13.1. The van der Waals surface area contributed by atoms with Crippen LogP contribution in [0.4, 0.5) is 0 Å². The summed E-state index contributed by atoms with van der Waals surface area (Å²) in [6.07, 6.45) is 26.6. The van der Waals surface area contributed by atoms with Crippen LogP contribution < -0.4 is 12.4 Å². The first-order valence-corrected chi connectivity index (χ1v) is 14.0. The van der Waals surface area contributed by atoms with Crippen molar-refractivity contribution in [1.82, 2.24) is 0 Å². The molecule has 0 spiro atoms. The Kier molecular flexibility index (Phi) is 22.5. The maximum Gasteiger partial charge on any atom is 0.0589 e.